The maximum atomic E-state index is 11.9. The summed E-state index contributed by atoms with van der Waals surface area (Å²) in [4.78, 5) is 13.9. The van der Waals surface area contributed by atoms with Gasteiger partial charge in [-0.2, -0.15) is 0 Å². The molecule has 2 atom stereocenters. The molecular weight excluding hydrogens is 316 g/mol. The van der Waals surface area contributed by atoms with Gasteiger partial charge < -0.3 is 27.2 Å². The summed E-state index contributed by atoms with van der Waals surface area (Å²) in [5.41, 5.74) is 19.9. The van der Waals surface area contributed by atoms with E-state index in [9.17, 15) is 9.90 Å². The van der Waals surface area contributed by atoms with Gasteiger partial charge in [0.2, 0.25) is 5.91 Å². The molecule has 0 aromatic heterocycles. The molecule has 134 valence electrons. The average Bonchev–Trinajstić information content (AvgIpc) is 2.83. The molecule has 0 saturated carbocycles. The SMILES string of the molecule is CC(=O)N1C2CCC1CC(C(/C=C(\N)c1ccccc1O)=C(N)N)C2. The number of nitrogens with zero attached hydrogens (tertiary/aromatic N) is 1. The molecule has 2 unspecified atom stereocenters. The first kappa shape index (κ1) is 17.2. The second kappa shape index (κ2) is 6.70. The number of hydrogen-bond acceptors (Lipinski definition) is 5. The number of piperidine rings is 1. The molecule has 2 aliphatic rings. The van der Waals surface area contributed by atoms with E-state index in [-0.39, 0.29) is 35.5 Å². The zero-order chi connectivity index (χ0) is 18.1. The third-order valence-electron chi connectivity index (χ3n) is 5.40. The Balaban J connectivity index is 1.87. The normalized spacial score (nSPS) is 25.7. The molecule has 1 amide bonds. The Labute approximate surface area is 148 Å². The highest BCUT2D eigenvalue weighted by Gasteiger charge is 2.42. The molecule has 2 heterocycles. The second-order valence-corrected chi connectivity index (χ2v) is 7.01. The van der Waals surface area contributed by atoms with Gasteiger partial charge in [0.15, 0.2) is 0 Å². The fourth-order valence-corrected chi connectivity index (χ4v) is 4.35. The van der Waals surface area contributed by atoms with E-state index in [4.69, 9.17) is 17.2 Å². The Morgan fingerprint density at radius 2 is 1.76 bits per heavy atom. The van der Waals surface area contributed by atoms with E-state index in [2.05, 4.69) is 0 Å². The fourth-order valence-electron chi connectivity index (χ4n) is 4.35. The van der Waals surface area contributed by atoms with Crippen LogP contribution in [-0.2, 0) is 4.79 Å². The largest absolute Gasteiger partial charge is 0.507 e. The number of carbonyl (C=O) groups is 1. The van der Waals surface area contributed by atoms with Crippen molar-refractivity contribution in [2.45, 2.75) is 44.7 Å². The van der Waals surface area contributed by atoms with E-state index in [0.29, 0.717) is 11.3 Å². The topological polar surface area (TPSA) is 119 Å². The fraction of sp³-hybridized carbons (Fsp3) is 0.421. The van der Waals surface area contributed by atoms with Crippen LogP contribution in [0.5, 0.6) is 5.75 Å². The molecule has 0 spiro atoms. The van der Waals surface area contributed by atoms with Crippen LogP contribution in [0, 0.1) is 5.92 Å². The lowest BCUT2D eigenvalue weighted by Gasteiger charge is -2.39. The van der Waals surface area contributed by atoms with Gasteiger partial charge in [0, 0.05) is 30.3 Å². The number of para-hydroxylation sites is 1. The van der Waals surface area contributed by atoms with Crippen LogP contribution in [0.2, 0.25) is 0 Å². The summed E-state index contributed by atoms with van der Waals surface area (Å²) in [6.45, 7) is 1.63. The molecule has 0 aliphatic carbocycles. The standard InChI is InChI=1S/C19H26N4O2/c1-11(24)23-13-6-7-14(23)9-12(8-13)16(19(21)22)10-17(20)15-4-2-3-5-18(15)25/h2-5,10,12-14,25H,6-9,20-22H2,1H3/b17-10-. The quantitative estimate of drug-likeness (QED) is 0.622. The minimum Gasteiger partial charge on any atom is -0.507 e. The van der Waals surface area contributed by atoms with Crippen LogP contribution in [0.1, 0.15) is 38.2 Å². The Morgan fingerprint density at radius 1 is 1.16 bits per heavy atom. The van der Waals surface area contributed by atoms with Crippen molar-refractivity contribution < 1.29 is 9.90 Å². The van der Waals surface area contributed by atoms with Crippen molar-refractivity contribution in [3.05, 3.63) is 47.3 Å². The van der Waals surface area contributed by atoms with E-state index in [0.717, 1.165) is 31.3 Å². The van der Waals surface area contributed by atoms with Gasteiger partial charge in [-0.15, -0.1) is 0 Å². The molecule has 7 N–H and O–H groups in total. The molecule has 2 saturated heterocycles. The number of phenols is 1. The highest BCUT2D eigenvalue weighted by Crippen LogP contribution is 2.42. The molecule has 6 heteroatoms. The summed E-state index contributed by atoms with van der Waals surface area (Å²) >= 11 is 0. The number of aromatic hydroxyl groups is 1. The first-order valence-electron chi connectivity index (χ1n) is 8.68. The Bertz CT molecular complexity index is 723. The molecule has 2 bridgehead atoms. The molecule has 3 rings (SSSR count). The first-order valence-corrected chi connectivity index (χ1v) is 8.68. The summed E-state index contributed by atoms with van der Waals surface area (Å²) in [6.07, 6.45) is 5.51. The van der Waals surface area contributed by atoms with Crippen molar-refractivity contribution in [1.82, 2.24) is 4.90 Å². The van der Waals surface area contributed by atoms with Crippen LogP contribution in [0.15, 0.2) is 41.7 Å². The van der Waals surface area contributed by atoms with Gasteiger partial charge in [-0.3, -0.25) is 4.79 Å². The van der Waals surface area contributed by atoms with Crippen LogP contribution in [-0.4, -0.2) is 28.0 Å². The van der Waals surface area contributed by atoms with Gasteiger partial charge in [-0.25, -0.2) is 0 Å². The number of allylic oxidation sites excluding steroid dienone is 2. The number of fused-ring (bicyclic) bond motifs is 2. The number of amides is 1. The Kier molecular flexibility index (Phi) is 4.61. The minimum absolute atomic E-state index is 0.123. The number of phenolic OH excluding ortho intramolecular Hbond substituents is 1. The molecule has 1 aromatic carbocycles. The summed E-state index contributed by atoms with van der Waals surface area (Å²) in [5, 5.41) is 9.99. The second-order valence-electron chi connectivity index (χ2n) is 7.01. The van der Waals surface area contributed by atoms with Crippen molar-refractivity contribution >= 4 is 11.6 Å². The van der Waals surface area contributed by atoms with Crippen LogP contribution < -0.4 is 17.2 Å². The van der Waals surface area contributed by atoms with E-state index in [1.54, 1.807) is 31.2 Å². The van der Waals surface area contributed by atoms with E-state index in [1.165, 1.54) is 0 Å². The molecular formula is C19H26N4O2. The molecule has 0 radical (unpaired) electrons. The molecule has 2 fully saturated rings. The number of hydrogen-bond donors (Lipinski definition) is 4. The zero-order valence-electron chi connectivity index (χ0n) is 14.5. The number of rotatable bonds is 3. The number of carbonyl (C=O) groups excluding carboxylic acids is 1. The van der Waals surface area contributed by atoms with E-state index < -0.39 is 0 Å². The zero-order valence-corrected chi connectivity index (χ0v) is 14.5. The van der Waals surface area contributed by atoms with E-state index >= 15 is 0 Å². The van der Waals surface area contributed by atoms with Crippen molar-refractivity contribution in [1.29, 1.82) is 0 Å². The van der Waals surface area contributed by atoms with Crippen molar-refractivity contribution in [3.63, 3.8) is 0 Å². The van der Waals surface area contributed by atoms with Gasteiger partial charge in [0.25, 0.3) is 0 Å². The maximum absolute atomic E-state index is 11.9. The molecule has 2 aliphatic heterocycles. The Morgan fingerprint density at radius 3 is 2.28 bits per heavy atom. The highest BCUT2D eigenvalue weighted by atomic mass is 16.3. The van der Waals surface area contributed by atoms with Crippen LogP contribution >= 0.6 is 0 Å². The van der Waals surface area contributed by atoms with Crippen molar-refractivity contribution in [2.75, 3.05) is 0 Å². The van der Waals surface area contributed by atoms with Gasteiger partial charge in [-0.05, 0) is 55.4 Å². The number of benzene rings is 1. The maximum Gasteiger partial charge on any atom is 0.219 e. The van der Waals surface area contributed by atoms with Gasteiger partial charge in [0.05, 0.1) is 5.82 Å². The third-order valence-corrected chi connectivity index (χ3v) is 5.40. The lowest BCUT2D eigenvalue weighted by atomic mass is 9.83. The van der Waals surface area contributed by atoms with E-state index in [1.807, 2.05) is 11.0 Å². The summed E-state index contributed by atoms with van der Waals surface area (Å²) in [7, 11) is 0. The predicted molar refractivity (Wildman–Crippen MR) is 97.7 cm³/mol. The molecule has 6 nitrogen and oxygen atoms in total. The monoisotopic (exact) mass is 342 g/mol. The van der Waals surface area contributed by atoms with Crippen molar-refractivity contribution in [3.8, 4) is 5.75 Å². The lowest BCUT2D eigenvalue weighted by Crippen LogP contribution is -2.46. The first-order chi connectivity index (χ1) is 11.9. The highest BCUT2D eigenvalue weighted by molar-refractivity contribution is 5.74. The minimum atomic E-state index is 0.123. The van der Waals surface area contributed by atoms with Gasteiger partial charge in [-0.1, -0.05) is 12.1 Å². The lowest BCUT2D eigenvalue weighted by molar-refractivity contribution is -0.133. The smallest absolute Gasteiger partial charge is 0.219 e. The molecule has 1 aromatic rings. The predicted octanol–water partition coefficient (Wildman–Crippen LogP) is 1.61. The summed E-state index contributed by atoms with van der Waals surface area (Å²) < 4.78 is 0. The summed E-state index contributed by atoms with van der Waals surface area (Å²) in [5.74, 6) is 0.681. The van der Waals surface area contributed by atoms with Crippen LogP contribution in [0.25, 0.3) is 5.70 Å². The molecule has 25 heavy (non-hydrogen) atoms. The van der Waals surface area contributed by atoms with Crippen LogP contribution in [0.3, 0.4) is 0 Å². The third kappa shape index (κ3) is 3.29. The van der Waals surface area contributed by atoms with Crippen molar-refractivity contribution in [2.24, 2.45) is 23.1 Å². The average molecular weight is 342 g/mol. The van der Waals surface area contributed by atoms with Gasteiger partial charge in [0.1, 0.15) is 5.75 Å². The number of nitrogens with two attached hydrogens (primary N) is 3. The Hall–Kier alpha value is -2.63. The van der Waals surface area contributed by atoms with Crippen LogP contribution in [0.4, 0.5) is 0 Å². The van der Waals surface area contributed by atoms with Gasteiger partial charge >= 0.3 is 0 Å². The summed E-state index contributed by atoms with van der Waals surface area (Å²) in [6, 6.07) is 7.40.